The van der Waals surface area contributed by atoms with E-state index >= 15 is 0 Å². The highest BCUT2D eigenvalue weighted by molar-refractivity contribution is 5.81. The van der Waals surface area contributed by atoms with E-state index in [0.29, 0.717) is 26.0 Å². The fraction of sp³-hybridized carbons (Fsp3) is 0.867. The summed E-state index contributed by atoms with van der Waals surface area (Å²) in [6.45, 7) is 6.56. The van der Waals surface area contributed by atoms with E-state index < -0.39 is 0 Å². The molecule has 1 heterocycles. The molecule has 1 fully saturated rings. The number of nitrogens with one attached hydrogen (secondary N) is 1. The smallest absolute Gasteiger partial charge is 0.305 e. The molecule has 1 N–H and O–H groups in total. The van der Waals surface area contributed by atoms with E-state index in [1.54, 1.807) is 6.92 Å². The second-order valence-electron chi connectivity index (χ2n) is 5.32. The van der Waals surface area contributed by atoms with Crippen molar-refractivity contribution in [3.8, 4) is 0 Å². The highest BCUT2D eigenvalue weighted by atomic mass is 16.5. The van der Waals surface area contributed by atoms with Crippen LogP contribution in [0.1, 0.15) is 52.4 Å². The molecule has 1 unspecified atom stereocenters. The maximum absolute atomic E-state index is 12.3. The summed E-state index contributed by atoms with van der Waals surface area (Å²) in [5.41, 5.74) is 0. The Bertz CT molecular complexity index is 299. The molecule has 1 aliphatic heterocycles. The molecule has 0 aromatic carbocycles. The fourth-order valence-corrected chi connectivity index (χ4v) is 2.44. The number of carbonyl (C=O) groups excluding carboxylic acids is 2. The van der Waals surface area contributed by atoms with Crippen LogP contribution in [-0.2, 0) is 14.3 Å². The lowest BCUT2D eigenvalue weighted by Crippen LogP contribution is -2.45. The van der Waals surface area contributed by atoms with Crippen molar-refractivity contribution in [1.82, 2.24) is 10.2 Å². The van der Waals surface area contributed by atoms with Gasteiger partial charge in [-0.05, 0) is 39.7 Å². The van der Waals surface area contributed by atoms with E-state index in [1.807, 2.05) is 11.8 Å². The highest BCUT2D eigenvalue weighted by Crippen LogP contribution is 2.10. The van der Waals surface area contributed by atoms with Crippen LogP contribution in [0.5, 0.6) is 0 Å². The van der Waals surface area contributed by atoms with Gasteiger partial charge in [0.05, 0.1) is 12.6 Å². The molecule has 0 saturated carbocycles. The second kappa shape index (κ2) is 9.75. The van der Waals surface area contributed by atoms with Crippen molar-refractivity contribution < 1.29 is 14.3 Å². The van der Waals surface area contributed by atoms with Crippen LogP contribution in [0.25, 0.3) is 0 Å². The van der Waals surface area contributed by atoms with Crippen LogP contribution in [0.3, 0.4) is 0 Å². The minimum atomic E-state index is -0.171. The summed E-state index contributed by atoms with van der Waals surface area (Å²) in [6.07, 6.45) is 5.79. The number of ether oxygens (including phenoxy) is 1. The summed E-state index contributed by atoms with van der Waals surface area (Å²) in [6, 6.07) is -0.171. The molecule has 0 spiro atoms. The average molecular weight is 284 g/mol. The Morgan fingerprint density at radius 2 is 1.85 bits per heavy atom. The number of carbonyl (C=O) groups is 2. The summed E-state index contributed by atoms with van der Waals surface area (Å²) >= 11 is 0. The first-order chi connectivity index (χ1) is 9.65. The Balaban J connectivity index is 2.19. The summed E-state index contributed by atoms with van der Waals surface area (Å²) in [4.78, 5) is 25.4. The number of amides is 1. The molecule has 1 amide bonds. The first-order valence-corrected chi connectivity index (χ1v) is 7.83. The van der Waals surface area contributed by atoms with Crippen LogP contribution >= 0.6 is 0 Å². The maximum Gasteiger partial charge on any atom is 0.305 e. The van der Waals surface area contributed by atoms with Crippen molar-refractivity contribution in [2.24, 2.45) is 0 Å². The fourth-order valence-electron chi connectivity index (χ4n) is 2.44. The van der Waals surface area contributed by atoms with Crippen molar-refractivity contribution in [3.63, 3.8) is 0 Å². The number of esters is 1. The quantitative estimate of drug-likeness (QED) is 0.571. The van der Waals surface area contributed by atoms with Gasteiger partial charge in [-0.3, -0.25) is 9.59 Å². The minimum absolute atomic E-state index is 0.166. The third kappa shape index (κ3) is 6.37. The van der Waals surface area contributed by atoms with E-state index in [1.165, 1.54) is 12.8 Å². The Morgan fingerprint density at radius 3 is 2.45 bits per heavy atom. The van der Waals surface area contributed by atoms with E-state index in [0.717, 1.165) is 25.9 Å². The summed E-state index contributed by atoms with van der Waals surface area (Å²) < 4.78 is 4.86. The molecule has 20 heavy (non-hydrogen) atoms. The lowest BCUT2D eigenvalue weighted by atomic mass is 10.2. The van der Waals surface area contributed by atoms with E-state index in [2.05, 4.69) is 5.32 Å². The van der Waals surface area contributed by atoms with Gasteiger partial charge in [0.25, 0.3) is 0 Å². The normalized spacial score (nSPS) is 17.4. The number of nitrogens with zero attached hydrogens (tertiary/aromatic N) is 1. The van der Waals surface area contributed by atoms with Gasteiger partial charge in [0, 0.05) is 19.5 Å². The zero-order valence-electron chi connectivity index (χ0n) is 12.8. The molecule has 0 aliphatic carbocycles. The van der Waals surface area contributed by atoms with Crippen molar-refractivity contribution >= 4 is 11.9 Å². The number of hydrogen-bond acceptors (Lipinski definition) is 4. The summed E-state index contributed by atoms with van der Waals surface area (Å²) in [5, 5.41) is 3.20. The third-order valence-corrected chi connectivity index (χ3v) is 3.60. The predicted octanol–water partition coefficient (Wildman–Crippen LogP) is 1.71. The largest absolute Gasteiger partial charge is 0.466 e. The lowest BCUT2D eigenvalue weighted by Gasteiger charge is -2.24. The Hall–Kier alpha value is -1.10. The molecule has 5 heteroatoms. The van der Waals surface area contributed by atoms with Gasteiger partial charge in [0.1, 0.15) is 0 Å². The molecular formula is C15H28N2O3. The van der Waals surface area contributed by atoms with Gasteiger partial charge in [-0.25, -0.2) is 0 Å². The molecule has 1 aliphatic rings. The van der Waals surface area contributed by atoms with Gasteiger partial charge >= 0.3 is 5.97 Å². The van der Waals surface area contributed by atoms with Crippen molar-refractivity contribution in [2.75, 3.05) is 26.2 Å². The van der Waals surface area contributed by atoms with Crippen molar-refractivity contribution in [3.05, 3.63) is 0 Å². The zero-order chi connectivity index (χ0) is 14.8. The van der Waals surface area contributed by atoms with Crippen LogP contribution in [-0.4, -0.2) is 49.1 Å². The standard InChI is InChI=1S/C15H28N2O3/c1-3-20-14(18)9-8-10-16-13(2)15(19)17-11-6-4-5-7-12-17/h13,16H,3-12H2,1-2H3. The van der Waals surface area contributed by atoms with E-state index in [4.69, 9.17) is 4.74 Å². The van der Waals surface area contributed by atoms with Crippen LogP contribution in [0.2, 0.25) is 0 Å². The monoisotopic (exact) mass is 284 g/mol. The molecule has 5 nitrogen and oxygen atoms in total. The number of likely N-dealkylation sites (tertiary alicyclic amines) is 1. The molecule has 1 rings (SSSR count). The first-order valence-electron chi connectivity index (χ1n) is 7.83. The molecule has 1 saturated heterocycles. The molecular weight excluding hydrogens is 256 g/mol. The third-order valence-electron chi connectivity index (χ3n) is 3.60. The first kappa shape index (κ1) is 17.0. The van der Waals surface area contributed by atoms with E-state index in [9.17, 15) is 9.59 Å². The van der Waals surface area contributed by atoms with Gasteiger partial charge in [0.15, 0.2) is 0 Å². The average Bonchev–Trinajstić information content (AvgIpc) is 2.71. The van der Waals surface area contributed by atoms with E-state index in [-0.39, 0.29) is 17.9 Å². The zero-order valence-corrected chi connectivity index (χ0v) is 12.8. The van der Waals surface area contributed by atoms with Crippen LogP contribution in [0.15, 0.2) is 0 Å². The Labute approximate surface area is 122 Å². The lowest BCUT2D eigenvalue weighted by molar-refractivity contribution is -0.143. The molecule has 1 atom stereocenters. The maximum atomic E-state index is 12.3. The molecule has 0 aromatic heterocycles. The van der Waals surface area contributed by atoms with Crippen LogP contribution in [0.4, 0.5) is 0 Å². The predicted molar refractivity (Wildman–Crippen MR) is 78.4 cm³/mol. The molecule has 0 bridgehead atoms. The SMILES string of the molecule is CCOC(=O)CCCNC(C)C(=O)N1CCCCCC1. The molecule has 0 radical (unpaired) electrons. The van der Waals surface area contributed by atoms with Gasteiger partial charge < -0.3 is 15.0 Å². The molecule has 116 valence electrons. The van der Waals surface area contributed by atoms with Crippen LogP contribution < -0.4 is 5.32 Å². The van der Waals surface area contributed by atoms with Crippen molar-refractivity contribution in [2.45, 2.75) is 58.4 Å². The summed E-state index contributed by atoms with van der Waals surface area (Å²) in [7, 11) is 0. The van der Waals surface area contributed by atoms with Gasteiger partial charge in [0.2, 0.25) is 5.91 Å². The Kier molecular flexibility index (Phi) is 8.26. The van der Waals surface area contributed by atoms with Gasteiger partial charge in [-0.2, -0.15) is 0 Å². The topological polar surface area (TPSA) is 58.6 Å². The number of rotatable bonds is 7. The highest BCUT2D eigenvalue weighted by Gasteiger charge is 2.20. The number of hydrogen-bond donors (Lipinski definition) is 1. The summed E-state index contributed by atoms with van der Waals surface area (Å²) in [5.74, 6) is 0.0174. The second-order valence-corrected chi connectivity index (χ2v) is 5.32. The van der Waals surface area contributed by atoms with Crippen LogP contribution in [0, 0.1) is 0 Å². The minimum Gasteiger partial charge on any atom is -0.466 e. The Morgan fingerprint density at radius 1 is 1.20 bits per heavy atom. The van der Waals surface area contributed by atoms with Crippen molar-refractivity contribution in [1.29, 1.82) is 0 Å². The molecule has 0 aromatic rings. The van der Waals surface area contributed by atoms with Gasteiger partial charge in [-0.1, -0.05) is 12.8 Å². The van der Waals surface area contributed by atoms with Gasteiger partial charge in [-0.15, -0.1) is 0 Å².